The van der Waals surface area contributed by atoms with E-state index in [0.29, 0.717) is 10.9 Å². The maximum Gasteiger partial charge on any atom is 0.354 e. The van der Waals surface area contributed by atoms with Gasteiger partial charge in [0.1, 0.15) is 5.75 Å². The van der Waals surface area contributed by atoms with E-state index in [1.807, 2.05) is 0 Å². The summed E-state index contributed by atoms with van der Waals surface area (Å²) in [5.41, 5.74) is 0.323. The monoisotopic (exact) mass is 283 g/mol. The molecular formula is C16H10FNO3. The van der Waals surface area contributed by atoms with E-state index in [4.69, 9.17) is 9.84 Å². The van der Waals surface area contributed by atoms with Crippen LogP contribution < -0.4 is 4.74 Å². The van der Waals surface area contributed by atoms with Crippen LogP contribution >= 0.6 is 0 Å². The molecule has 21 heavy (non-hydrogen) atoms. The van der Waals surface area contributed by atoms with E-state index in [0.717, 1.165) is 0 Å². The molecule has 0 atom stereocenters. The van der Waals surface area contributed by atoms with Gasteiger partial charge in [0.2, 0.25) is 0 Å². The number of ether oxygens (including phenoxy) is 1. The predicted molar refractivity (Wildman–Crippen MR) is 75.2 cm³/mol. The predicted octanol–water partition coefficient (Wildman–Crippen LogP) is 3.86. The largest absolute Gasteiger partial charge is 0.477 e. The minimum atomic E-state index is -1.17. The zero-order valence-electron chi connectivity index (χ0n) is 10.8. The first kappa shape index (κ1) is 13.1. The molecule has 0 aliphatic carbocycles. The van der Waals surface area contributed by atoms with Gasteiger partial charge >= 0.3 is 5.97 Å². The smallest absolute Gasteiger partial charge is 0.354 e. The Bertz CT molecular complexity index is 833. The number of rotatable bonds is 3. The SMILES string of the molecule is O=C(O)c1cc(Oc2ccccc2F)c2ccccc2n1. The average Bonchev–Trinajstić information content (AvgIpc) is 2.49. The van der Waals surface area contributed by atoms with Crippen LogP contribution in [0, 0.1) is 5.82 Å². The zero-order valence-corrected chi connectivity index (χ0v) is 10.8. The maximum atomic E-state index is 13.7. The first-order valence-electron chi connectivity index (χ1n) is 6.20. The quantitative estimate of drug-likeness (QED) is 0.792. The Kier molecular flexibility index (Phi) is 3.23. The fourth-order valence-corrected chi connectivity index (χ4v) is 1.98. The highest BCUT2D eigenvalue weighted by Crippen LogP contribution is 2.31. The average molecular weight is 283 g/mol. The second-order valence-electron chi connectivity index (χ2n) is 4.36. The molecule has 3 aromatic rings. The number of carboxylic acids is 1. The van der Waals surface area contributed by atoms with E-state index < -0.39 is 11.8 Å². The molecule has 0 spiro atoms. The van der Waals surface area contributed by atoms with E-state index in [9.17, 15) is 9.18 Å². The minimum absolute atomic E-state index is 0.0326. The topological polar surface area (TPSA) is 59.4 Å². The number of para-hydroxylation sites is 2. The highest BCUT2D eigenvalue weighted by Gasteiger charge is 2.13. The number of benzene rings is 2. The van der Waals surface area contributed by atoms with E-state index in [2.05, 4.69) is 4.98 Å². The lowest BCUT2D eigenvalue weighted by Gasteiger charge is -2.10. The van der Waals surface area contributed by atoms with Gasteiger partial charge in [-0.25, -0.2) is 14.2 Å². The molecule has 1 aromatic heterocycles. The molecule has 104 valence electrons. The van der Waals surface area contributed by atoms with Crippen molar-refractivity contribution in [2.75, 3.05) is 0 Å². The van der Waals surface area contributed by atoms with E-state index in [-0.39, 0.29) is 17.2 Å². The third kappa shape index (κ3) is 2.53. The van der Waals surface area contributed by atoms with Crippen molar-refractivity contribution in [1.82, 2.24) is 4.98 Å². The van der Waals surface area contributed by atoms with Crippen LogP contribution in [0.5, 0.6) is 11.5 Å². The molecule has 1 N–H and O–H groups in total. The molecule has 5 heteroatoms. The molecule has 0 aliphatic heterocycles. The summed E-state index contributed by atoms with van der Waals surface area (Å²) in [6.07, 6.45) is 0. The van der Waals surface area contributed by atoms with Crippen molar-refractivity contribution in [3.05, 3.63) is 66.1 Å². The third-order valence-corrected chi connectivity index (χ3v) is 2.95. The van der Waals surface area contributed by atoms with Gasteiger partial charge in [-0.3, -0.25) is 0 Å². The van der Waals surface area contributed by atoms with Gasteiger partial charge in [-0.05, 0) is 24.3 Å². The molecule has 0 fully saturated rings. The Morgan fingerprint density at radius 3 is 2.52 bits per heavy atom. The van der Waals surface area contributed by atoms with Gasteiger partial charge in [-0.15, -0.1) is 0 Å². The maximum absolute atomic E-state index is 13.7. The van der Waals surface area contributed by atoms with Crippen LogP contribution in [0.1, 0.15) is 10.5 Å². The number of hydrogen-bond acceptors (Lipinski definition) is 3. The summed E-state index contributed by atoms with van der Waals surface area (Å²) >= 11 is 0. The Morgan fingerprint density at radius 1 is 1.05 bits per heavy atom. The first-order chi connectivity index (χ1) is 10.1. The Morgan fingerprint density at radius 2 is 1.76 bits per heavy atom. The molecule has 2 aromatic carbocycles. The summed E-state index contributed by atoms with van der Waals surface area (Å²) in [5, 5.41) is 9.71. The molecule has 3 rings (SSSR count). The Hall–Kier alpha value is -2.95. The van der Waals surface area contributed by atoms with E-state index >= 15 is 0 Å². The summed E-state index contributed by atoms with van der Waals surface area (Å²) in [5.74, 6) is -1.40. The van der Waals surface area contributed by atoms with Crippen LogP contribution in [0.15, 0.2) is 54.6 Å². The van der Waals surface area contributed by atoms with Gasteiger partial charge in [-0.2, -0.15) is 0 Å². The van der Waals surface area contributed by atoms with Crippen molar-refractivity contribution in [1.29, 1.82) is 0 Å². The third-order valence-electron chi connectivity index (χ3n) is 2.95. The zero-order chi connectivity index (χ0) is 14.8. The second kappa shape index (κ2) is 5.20. The molecule has 0 amide bonds. The number of pyridine rings is 1. The van der Waals surface area contributed by atoms with E-state index in [1.165, 1.54) is 18.2 Å². The van der Waals surface area contributed by atoms with Crippen molar-refractivity contribution in [3.8, 4) is 11.5 Å². The molecule has 0 bridgehead atoms. The number of nitrogens with zero attached hydrogens (tertiary/aromatic N) is 1. The van der Waals surface area contributed by atoms with Crippen molar-refractivity contribution < 1.29 is 19.0 Å². The number of fused-ring (bicyclic) bond motifs is 1. The van der Waals surface area contributed by atoms with Gasteiger partial charge < -0.3 is 9.84 Å². The lowest BCUT2D eigenvalue weighted by Crippen LogP contribution is -2.01. The van der Waals surface area contributed by atoms with Crippen LogP contribution in [0.2, 0.25) is 0 Å². The van der Waals surface area contributed by atoms with Gasteiger partial charge in [-0.1, -0.05) is 24.3 Å². The minimum Gasteiger partial charge on any atom is -0.477 e. The number of aromatic carboxylic acids is 1. The summed E-state index contributed by atoms with van der Waals surface area (Å²) in [7, 11) is 0. The summed E-state index contributed by atoms with van der Waals surface area (Å²) in [6, 6.07) is 14.2. The molecule has 0 unspecified atom stereocenters. The van der Waals surface area contributed by atoms with Gasteiger partial charge in [0.05, 0.1) is 5.52 Å². The summed E-state index contributed by atoms with van der Waals surface area (Å²) < 4.78 is 19.2. The number of hydrogen-bond donors (Lipinski definition) is 1. The summed E-state index contributed by atoms with van der Waals surface area (Å²) in [6.45, 7) is 0. The van der Waals surface area contributed by atoms with Gasteiger partial charge in [0.25, 0.3) is 0 Å². The molecular weight excluding hydrogens is 273 g/mol. The summed E-state index contributed by atoms with van der Waals surface area (Å²) in [4.78, 5) is 15.2. The van der Waals surface area contributed by atoms with Crippen molar-refractivity contribution in [2.24, 2.45) is 0 Å². The fraction of sp³-hybridized carbons (Fsp3) is 0. The number of carboxylic acid groups (broad SMARTS) is 1. The highest BCUT2D eigenvalue weighted by molar-refractivity contribution is 5.93. The lowest BCUT2D eigenvalue weighted by atomic mass is 10.2. The van der Waals surface area contributed by atoms with Crippen LogP contribution in [-0.2, 0) is 0 Å². The Balaban J connectivity index is 2.16. The van der Waals surface area contributed by atoms with Gasteiger partial charge in [0.15, 0.2) is 17.3 Å². The Labute approximate surface area is 119 Å². The van der Waals surface area contributed by atoms with Crippen molar-refractivity contribution >= 4 is 16.9 Å². The molecule has 0 aliphatic rings. The normalized spacial score (nSPS) is 10.5. The number of carbonyl (C=O) groups is 1. The van der Waals surface area contributed by atoms with E-state index in [1.54, 1.807) is 36.4 Å². The fourth-order valence-electron chi connectivity index (χ4n) is 1.98. The van der Waals surface area contributed by atoms with Crippen LogP contribution in [-0.4, -0.2) is 16.1 Å². The molecule has 0 radical (unpaired) electrons. The van der Waals surface area contributed by atoms with Gasteiger partial charge in [0, 0.05) is 11.5 Å². The lowest BCUT2D eigenvalue weighted by molar-refractivity contribution is 0.0690. The molecule has 4 nitrogen and oxygen atoms in total. The van der Waals surface area contributed by atoms with Crippen LogP contribution in [0.4, 0.5) is 4.39 Å². The number of aromatic nitrogens is 1. The first-order valence-corrected chi connectivity index (χ1v) is 6.20. The van der Waals surface area contributed by atoms with Crippen LogP contribution in [0.25, 0.3) is 10.9 Å². The van der Waals surface area contributed by atoms with Crippen LogP contribution in [0.3, 0.4) is 0 Å². The molecule has 1 heterocycles. The highest BCUT2D eigenvalue weighted by atomic mass is 19.1. The van der Waals surface area contributed by atoms with Crippen molar-refractivity contribution in [3.63, 3.8) is 0 Å². The number of halogens is 1. The molecule has 0 saturated carbocycles. The standard InChI is InChI=1S/C16H10FNO3/c17-11-6-2-4-8-14(11)21-15-9-13(16(19)20)18-12-7-3-1-5-10(12)15/h1-9H,(H,19,20). The van der Waals surface area contributed by atoms with Crippen molar-refractivity contribution in [2.45, 2.75) is 0 Å². The molecule has 0 saturated heterocycles. The second-order valence-corrected chi connectivity index (χ2v) is 4.36.